The Morgan fingerprint density at radius 2 is 1.45 bits per heavy atom. The lowest BCUT2D eigenvalue weighted by Gasteiger charge is -2.22. The minimum Gasteiger partial charge on any atom is -0.481 e. The molecule has 1 unspecified atom stereocenters. The van der Waals surface area contributed by atoms with Crippen molar-refractivity contribution in [2.75, 3.05) is 6.16 Å². The van der Waals surface area contributed by atoms with Gasteiger partial charge in [-0.15, -0.1) is 0 Å². The maximum absolute atomic E-state index is 11.3. The van der Waals surface area contributed by atoms with Gasteiger partial charge in [0, 0.05) is 0 Å². The molecular formula is C17H19O2P. The van der Waals surface area contributed by atoms with E-state index in [1.54, 1.807) is 0 Å². The Hall–Kier alpha value is -1.66. The second kappa shape index (κ2) is 7.21. The van der Waals surface area contributed by atoms with Gasteiger partial charge in [-0.2, -0.15) is 0 Å². The van der Waals surface area contributed by atoms with Crippen LogP contribution in [0.1, 0.15) is 13.3 Å². The van der Waals surface area contributed by atoms with Gasteiger partial charge in [-0.3, -0.25) is 4.79 Å². The Morgan fingerprint density at radius 3 is 1.80 bits per heavy atom. The summed E-state index contributed by atoms with van der Waals surface area (Å²) in [5.41, 5.74) is 0. The molecular weight excluding hydrogens is 267 g/mol. The molecule has 0 spiro atoms. The first kappa shape index (κ1) is 14.7. The fourth-order valence-electron chi connectivity index (χ4n) is 2.18. The van der Waals surface area contributed by atoms with Gasteiger partial charge in [0.1, 0.15) is 0 Å². The molecule has 0 aliphatic heterocycles. The lowest BCUT2D eigenvalue weighted by atomic mass is 10.1. The van der Waals surface area contributed by atoms with Crippen LogP contribution >= 0.6 is 7.92 Å². The zero-order valence-electron chi connectivity index (χ0n) is 11.6. The summed E-state index contributed by atoms with van der Waals surface area (Å²) >= 11 is 0. The Labute approximate surface area is 121 Å². The summed E-state index contributed by atoms with van der Waals surface area (Å²) in [6.45, 7) is 1.95. The Balaban J connectivity index is 2.32. The fraction of sp³-hybridized carbons (Fsp3) is 0.235. The van der Waals surface area contributed by atoms with Gasteiger partial charge in [0.05, 0.1) is 5.92 Å². The second-order valence-corrected chi connectivity index (χ2v) is 6.98. The molecule has 1 atom stereocenters. The lowest BCUT2D eigenvalue weighted by molar-refractivity contribution is -0.141. The highest BCUT2D eigenvalue weighted by Gasteiger charge is 2.22. The van der Waals surface area contributed by atoms with Crippen LogP contribution in [0, 0.1) is 5.92 Å². The molecule has 20 heavy (non-hydrogen) atoms. The summed E-state index contributed by atoms with van der Waals surface area (Å²) in [6.07, 6.45) is 1.38. The summed E-state index contributed by atoms with van der Waals surface area (Å²) in [5, 5.41) is 11.8. The molecule has 2 nitrogen and oxygen atoms in total. The highest BCUT2D eigenvalue weighted by atomic mass is 31.1. The van der Waals surface area contributed by atoms with Crippen molar-refractivity contribution in [3.8, 4) is 0 Å². The topological polar surface area (TPSA) is 37.3 Å². The van der Waals surface area contributed by atoms with Crippen LogP contribution in [-0.2, 0) is 4.79 Å². The van der Waals surface area contributed by atoms with Crippen LogP contribution < -0.4 is 10.6 Å². The lowest BCUT2D eigenvalue weighted by Crippen LogP contribution is -2.23. The molecule has 104 valence electrons. The van der Waals surface area contributed by atoms with E-state index in [0.717, 1.165) is 0 Å². The van der Waals surface area contributed by atoms with E-state index in [9.17, 15) is 9.90 Å². The van der Waals surface area contributed by atoms with Crippen LogP contribution in [-0.4, -0.2) is 17.2 Å². The first-order chi connectivity index (χ1) is 9.72. The molecule has 2 aromatic carbocycles. The summed E-state index contributed by atoms with van der Waals surface area (Å²) in [7, 11) is -0.609. The monoisotopic (exact) mass is 286 g/mol. The highest BCUT2D eigenvalue weighted by molar-refractivity contribution is 7.73. The quantitative estimate of drug-likeness (QED) is 0.828. The fourth-order valence-corrected chi connectivity index (χ4v) is 4.82. The molecule has 1 N–H and O–H groups in total. The maximum atomic E-state index is 11.3. The zero-order chi connectivity index (χ0) is 14.4. The predicted octanol–water partition coefficient (Wildman–Crippen LogP) is 3.23. The van der Waals surface area contributed by atoms with Gasteiger partial charge >= 0.3 is 5.97 Å². The number of hydrogen-bond acceptors (Lipinski definition) is 1. The van der Waals surface area contributed by atoms with E-state index in [0.29, 0.717) is 12.6 Å². The molecule has 2 rings (SSSR count). The summed E-state index contributed by atoms with van der Waals surface area (Å²) in [6, 6.07) is 20.5. The number of rotatable bonds is 6. The molecule has 0 saturated heterocycles. The van der Waals surface area contributed by atoms with E-state index in [1.165, 1.54) is 10.6 Å². The summed E-state index contributed by atoms with van der Waals surface area (Å²) < 4.78 is 0. The van der Waals surface area contributed by atoms with E-state index in [2.05, 4.69) is 24.3 Å². The second-order valence-electron chi connectivity index (χ2n) is 4.73. The third-order valence-electron chi connectivity index (χ3n) is 3.38. The van der Waals surface area contributed by atoms with E-state index in [-0.39, 0.29) is 5.92 Å². The summed E-state index contributed by atoms with van der Waals surface area (Å²) in [4.78, 5) is 11.3. The Morgan fingerprint density at radius 1 is 1.00 bits per heavy atom. The minimum absolute atomic E-state index is 0.276. The largest absolute Gasteiger partial charge is 0.481 e. The number of hydrogen-bond donors (Lipinski definition) is 1. The highest BCUT2D eigenvalue weighted by Crippen LogP contribution is 2.36. The number of benzene rings is 2. The standard InChI is InChI=1S/C17H19O2P/c1-2-14(17(18)19)13-20(15-9-5-3-6-10-15)16-11-7-4-8-12-16/h3-12,14H,2,13H2,1H3,(H,18,19). The van der Waals surface area contributed by atoms with Crippen molar-refractivity contribution in [2.24, 2.45) is 5.92 Å². The summed E-state index contributed by atoms with van der Waals surface area (Å²) in [5.74, 6) is -0.964. The number of carboxylic acids is 1. The minimum atomic E-state index is -0.688. The van der Waals surface area contributed by atoms with Crippen molar-refractivity contribution < 1.29 is 9.90 Å². The van der Waals surface area contributed by atoms with E-state index < -0.39 is 13.9 Å². The van der Waals surface area contributed by atoms with Crippen LogP contribution in [0.15, 0.2) is 60.7 Å². The molecule has 0 amide bonds. The molecule has 2 aromatic rings. The van der Waals surface area contributed by atoms with Crippen LogP contribution in [0.5, 0.6) is 0 Å². The Bertz CT molecular complexity index is 500. The van der Waals surface area contributed by atoms with Crippen molar-refractivity contribution >= 4 is 24.5 Å². The molecule has 3 heteroatoms. The molecule has 0 aromatic heterocycles. The van der Waals surface area contributed by atoms with Gasteiger partial charge in [0.15, 0.2) is 0 Å². The molecule has 0 heterocycles. The van der Waals surface area contributed by atoms with Crippen molar-refractivity contribution in [3.63, 3.8) is 0 Å². The number of aliphatic carboxylic acids is 1. The van der Waals surface area contributed by atoms with E-state index in [4.69, 9.17) is 0 Å². The van der Waals surface area contributed by atoms with Gasteiger partial charge in [-0.25, -0.2) is 0 Å². The van der Waals surface area contributed by atoms with Crippen LogP contribution in [0.25, 0.3) is 0 Å². The maximum Gasteiger partial charge on any atom is 0.306 e. The van der Waals surface area contributed by atoms with Crippen LogP contribution in [0.3, 0.4) is 0 Å². The van der Waals surface area contributed by atoms with Crippen LogP contribution in [0.4, 0.5) is 0 Å². The van der Waals surface area contributed by atoms with Crippen molar-refractivity contribution in [1.29, 1.82) is 0 Å². The average Bonchev–Trinajstić information content (AvgIpc) is 2.50. The van der Waals surface area contributed by atoms with Crippen molar-refractivity contribution in [2.45, 2.75) is 13.3 Å². The van der Waals surface area contributed by atoms with Gasteiger partial charge < -0.3 is 5.11 Å². The molecule has 0 fully saturated rings. The first-order valence-corrected chi connectivity index (χ1v) is 8.35. The molecule has 0 bridgehead atoms. The van der Waals surface area contributed by atoms with Gasteiger partial charge in [-0.1, -0.05) is 67.6 Å². The third-order valence-corrected chi connectivity index (χ3v) is 6.03. The van der Waals surface area contributed by atoms with E-state index >= 15 is 0 Å². The van der Waals surface area contributed by atoms with Crippen LogP contribution in [0.2, 0.25) is 0 Å². The predicted molar refractivity (Wildman–Crippen MR) is 85.4 cm³/mol. The van der Waals surface area contributed by atoms with Crippen molar-refractivity contribution in [1.82, 2.24) is 0 Å². The van der Waals surface area contributed by atoms with Gasteiger partial charge in [0.25, 0.3) is 0 Å². The van der Waals surface area contributed by atoms with E-state index in [1.807, 2.05) is 43.3 Å². The molecule has 0 aliphatic rings. The number of carbonyl (C=O) groups is 1. The zero-order valence-corrected chi connectivity index (χ0v) is 12.5. The third kappa shape index (κ3) is 3.68. The number of carboxylic acid groups (broad SMARTS) is 1. The SMILES string of the molecule is CCC(CP(c1ccccc1)c1ccccc1)C(=O)O. The average molecular weight is 286 g/mol. The normalized spacial score (nSPS) is 12.3. The van der Waals surface area contributed by atoms with Gasteiger partial charge in [-0.05, 0) is 31.1 Å². The molecule has 0 radical (unpaired) electrons. The molecule has 0 aliphatic carbocycles. The van der Waals surface area contributed by atoms with Crippen molar-refractivity contribution in [3.05, 3.63) is 60.7 Å². The molecule has 0 saturated carbocycles. The first-order valence-electron chi connectivity index (χ1n) is 6.82. The van der Waals surface area contributed by atoms with Gasteiger partial charge in [0.2, 0.25) is 0 Å². The smallest absolute Gasteiger partial charge is 0.306 e. The Kier molecular flexibility index (Phi) is 5.31.